The summed E-state index contributed by atoms with van der Waals surface area (Å²) >= 11 is 0. The summed E-state index contributed by atoms with van der Waals surface area (Å²) in [5, 5.41) is 4.78. The van der Waals surface area contributed by atoms with Crippen LogP contribution >= 0.6 is 0 Å². The maximum atomic E-state index is 11.6. The monoisotopic (exact) mass is 417 g/mol. The molecule has 0 atom stereocenters. The number of nitrogens with zero attached hydrogens (tertiary/aromatic N) is 4. The average Bonchev–Trinajstić information content (AvgIpc) is 2.69. The third-order valence-electron chi connectivity index (χ3n) is 4.36. The largest absolute Gasteiger partial charge is 0.528 e. The number of carbonyl (C=O) groups is 1. The lowest BCUT2D eigenvalue weighted by molar-refractivity contribution is -0.151. The summed E-state index contributed by atoms with van der Waals surface area (Å²) in [5.74, 6) is 1.66. The molecule has 0 aromatic carbocycles. The summed E-state index contributed by atoms with van der Waals surface area (Å²) in [6.07, 6.45) is 3.59. The molecular weight excluding hydrogens is 390 g/mol. The first-order chi connectivity index (χ1) is 14.4. The first-order valence-electron chi connectivity index (χ1n) is 9.83. The van der Waals surface area contributed by atoms with Gasteiger partial charge in [-0.25, -0.2) is 19.7 Å². The maximum Gasteiger partial charge on any atom is 0.528 e. The highest BCUT2D eigenvalue weighted by molar-refractivity contribution is 5.59. The van der Waals surface area contributed by atoms with Crippen molar-refractivity contribution in [1.82, 2.24) is 20.0 Å². The molecule has 0 unspecified atom stereocenters. The molecule has 0 bridgehead atoms. The second kappa shape index (κ2) is 10.1. The molecule has 30 heavy (non-hydrogen) atoms. The lowest BCUT2D eigenvalue weighted by Crippen LogP contribution is -2.40. The molecule has 10 heteroatoms. The fraction of sp³-hybridized carbons (Fsp3) is 0.500. The highest BCUT2D eigenvalue weighted by Gasteiger charge is 2.24. The van der Waals surface area contributed by atoms with Gasteiger partial charge in [-0.1, -0.05) is 0 Å². The van der Waals surface area contributed by atoms with Crippen LogP contribution < -0.4 is 14.8 Å². The minimum absolute atomic E-state index is 0.0291. The number of carbonyl (C=O) groups excluding carboxylic acids is 1. The summed E-state index contributed by atoms with van der Waals surface area (Å²) in [4.78, 5) is 29.4. The van der Waals surface area contributed by atoms with E-state index in [9.17, 15) is 4.79 Å². The number of piperidine rings is 1. The highest BCUT2D eigenvalue weighted by Crippen LogP contribution is 2.23. The number of nitrogens with one attached hydrogen (secondary N) is 1. The Hall–Kier alpha value is -3.14. The van der Waals surface area contributed by atoms with Gasteiger partial charge in [0.1, 0.15) is 18.2 Å². The van der Waals surface area contributed by atoms with Crippen LogP contribution in [-0.2, 0) is 9.57 Å². The zero-order valence-electron chi connectivity index (χ0n) is 17.6. The van der Waals surface area contributed by atoms with E-state index in [1.54, 1.807) is 38.3 Å². The normalized spacial score (nSPS) is 15.0. The summed E-state index contributed by atoms with van der Waals surface area (Å²) in [5.41, 5.74) is 1.70. The molecule has 10 nitrogen and oxygen atoms in total. The van der Waals surface area contributed by atoms with Crippen LogP contribution in [0.1, 0.15) is 32.3 Å². The van der Waals surface area contributed by atoms with E-state index in [1.807, 2.05) is 13.0 Å². The van der Waals surface area contributed by atoms with Crippen LogP contribution in [0.5, 0.6) is 11.8 Å². The fourth-order valence-corrected chi connectivity index (χ4v) is 3.00. The number of rotatable bonds is 7. The highest BCUT2D eigenvalue weighted by atomic mass is 16.8. The van der Waals surface area contributed by atoms with Crippen molar-refractivity contribution in [2.24, 2.45) is 0 Å². The molecule has 1 aliphatic heterocycles. The third kappa shape index (κ3) is 6.18. The first kappa shape index (κ1) is 21.6. The Balaban J connectivity index is 1.51. The molecule has 1 fully saturated rings. The van der Waals surface area contributed by atoms with Crippen molar-refractivity contribution in [3.8, 4) is 11.8 Å². The van der Waals surface area contributed by atoms with E-state index in [1.165, 1.54) is 6.33 Å². The number of aryl methyl sites for hydroxylation is 1. The first-order valence-corrected chi connectivity index (χ1v) is 9.83. The van der Waals surface area contributed by atoms with E-state index >= 15 is 0 Å². The van der Waals surface area contributed by atoms with Crippen LogP contribution in [0, 0.1) is 6.92 Å². The van der Waals surface area contributed by atoms with Gasteiger partial charge in [0.05, 0.1) is 25.1 Å². The fourth-order valence-electron chi connectivity index (χ4n) is 3.00. The Morgan fingerprint density at radius 3 is 2.63 bits per heavy atom. The van der Waals surface area contributed by atoms with Gasteiger partial charge in [0.15, 0.2) is 0 Å². The van der Waals surface area contributed by atoms with E-state index in [2.05, 4.69) is 20.3 Å². The SMILES string of the molecule is COc1ncc(Nc2cc(OC3CCN(OC(=O)OC(C)C)CC3)ncn2)cc1C. The predicted molar refractivity (Wildman–Crippen MR) is 109 cm³/mol. The molecule has 1 saturated heterocycles. The Labute approximate surface area is 175 Å². The molecule has 3 rings (SSSR count). The quantitative estimate of drug-likeness (QED) is 0.674. The van der Waals surface area contributed by atoms with E-state index < -0.39 is 6.16 Å². The van der Waals surface area contributed by atoms with Gasteiger partial charge in [-0.05, 0) is 26.8 Å². The van der Waals surface area contributed by atoms with Crippen LogP contribution in [0.3, 0.4) is 0 Å². The lowest BCUT2D eigenvalue weighted by Gasteiger charge is -2.30. The molecule has 0 aliphatic carbocycles. The van der Waals surface area contributed by atoms with Crippen molar-refractivity contribution < 1.29 is 23.8 Å². The molecule has 0 spiro atoms. The van der Waals surface area contributed by atoms with Crippen LogP contribution in [0.2, 0.25) is 0 Å². The molecule has 1 aliphatic rings. The predicted octanol–water partition coefficient (Wildman–Crippen LogP) is 3.25. The number of methoxy groups -OCH3 is 1. The van der Waals surface area contributed by atoms with Crippen LogP contribution in [0.25, 0.3) is 0 Å². The van der Waals surface area contributed by atoms with Crippen LogP contribution in [0.4, 0.5) is 16.3 Å². The molecule has 2 aromatic rings. The van der Waals surface area contributed by atoms with E-state index in [0.717, 1.165) is 11.3 Å². The molecule has 162 valence electrons. The summed E-state index contributed by atoms with van der Waals surface area (Å²) in [6, 6.07) is 3.66. The average molecular weight is 417 g/mol. The Morgan fingerprint density at radius 1 is 1.20 bits per heavy atom. The zero-order chi connectivity index (χ0) is 21.5. The van der Waals surface area contributed by atoms with Gasteiger partial charge in [-0.15, -0.1) is 5.06 Å². The Kier molecular flexibility index (Phi) is 7.23. The molecular formula is C20H27N5O5. The van der Waals surface area contributed by atoms with Gasteiger partial charge >= 0.3 is 6.16 Å². The lowest BCUT2D eigenvalue weighted by atomic mass is 10.1. The number of hydrogen-bond donors (Lipinski definition) is 1. The van der Waals surface area contributed by atoms with Gasteiger partial charge < -0.3 is 24.4 Å². The third-order valence-corrected chi connectivity index (χ3v) is 4.36. The van der Waals surface area contributed by atoms with E-state index in [4.69, 9.17) is 19.0 Å². The summed E-state index contributed by atoms with van der Waals surface area (Å²) < 4.78 is 16.2. The minimum Gasteiger partial charge on any atom is -0.481 e. The van der Waals surface area contributed by atoms with Gasteiger partial charge in [0.25, 0.3) is 0 Å². The second-order valence-corrected chi connectivity index (χ2v) is 7.17. The molecule has 0 radical (unpaired) electrons. The summed E-state index contributed by atoms with van der Waals surface area (Å²) in [6.45, 7) is 6.59. The van der Waals surface area contributed by atoms with Gasteiger partial charge in [-0.3, -0.25) is 0 Å². The van der Waals surface area contributed by atoms with Crippen molar-refractivity contribution in [3.63, 3.8) is 0 Å². The minimum atomic E-state index is -0.681. The number of hydrogen-bond acceptors (Lipinski definition) is 10. The Bertz CT molecular complexity index is 855. The van der Waals surface area contributed by atoms with Crippen molar-refractivity contribution in [1.29, 1.82) is 0 Å². The van der Waals surface area contributed by atoms with Gasteiger partial charge in [0.2, 0.25) is 11.8 Å². The van der Waals surface area contributed by atoms with E-state index in [0.29, 0.717) is 43.5 Å². The molecule has 3 heterocycles. The van der Waals surface area contributed by atoms with Gasteiger partial charge in [-0.2, -0.15) is 0 Å². The number of aromatic nitrogens is 3. The zero-order valence-corrected chi connectivity index (χ0v) is 17.6. The molecule has 0 amide bonds. The second-order valence-electron chi connectivity index (χ2n) is 7.17. The Morgan fingerprint density at radius 2 is 1.97 bits per heavy atom. The van der Waals surface area contributed by atoms with Crippen molar-refractivity contribution in [3.05, 3.63) is 30.2 Å². The van der Waals surface area contributed by atoms with Crippen molar-refractivity contribution in [2.45, 2.75) is 45.8 Å². The number of hydroxylamine groups is 2. The smallest absolute Gasteiger partial charge is 0.481 e. The topological polar surface area (TPSA) is 108 Å². The van der Waals surface area contributed by atoms with Crippen LogP contribution in [0.15, 0.2) is 24.7 Å². The number of ether oxygens (including phenoxy) is 3. The molecule has 0 saturated carbocycles. The van der Waals surface area contributed by atoms with Gasteiger partial charge in [0, 0.05) is 37.6 Å². The number of pyridine rings is 1. The number of anilines is 2. The maximum absolute atomic E-state index is 11.6. The van der Waals surface area contributed by atoms with Crippen molar-refractivity contribution >= 4 is 17.7 Å². The molecule has 2 aromatic heterocycles. The standard InChI is InChI=1S/C20H27N5O5/c1-13(2)28-20(26)30-25-7-5-16(6-8-25)29-18-10-17(22-12-23-18)24-15-9-14(3)19(27-4)21-11-15/h9-13,16H,5-8H2,1-4H3,(H,22,23,24). The van der Waals surface area contributed by atoms with E-state index in [-0.39, 0.29) is 12.2 Å². The summed E-state index contributed by atoms with van der Waals surface area (Å²) in [7, 11) is 1.59. The van der Waals surface area contributed by atoms with Crippen molar-refractivity contribution in [2.75, 3.05) is 25.5 Å². The van der Waals surface area contributed by atoms with Crippen LogP contribution in [-0.4, -0.2) is 58.6 Å². The molecule has 1 N–H and O–H groups in total.